The van der Waals surface area contributed by atoms with Crippen molar-refractivity contribution < 1.29 is 0 Å². The van der Waals surface area contributed by atoms with Crippen molar-refractivity contribution in [2.45, 2.75) is 19.3 Å². The molecule has 2 aromatic rings. The first-order valence-electron chi connectivity index (χ1n) is 8.69. The van der Waals surface area contributed by atoms with Gasteiger partial charge in [-0.05, 0) is 37.0 Å². The second kappa shape index (κ2) is 6.28. The molecule has 24 heavy (non-hydrogen) atoms. The maximum absolute atomic E-state index is 6.09. The topological polar surface area (TPSA) is 79.1 Å². The first kappa shape index (κ1) is 15.2. The second-order valence-electron chi connectivity index (χ2n) is 6.45. The molecule has 4 N–H and O–H groups in total. The van der Waals surface area contributed by atoms with E-state index in [1.165, 1.54) is 16.7 Å². The van der Waals surface area contributed by atoms with Gasteiger partial charge in [-0.25, -0.2) is 4.98 Å². The molecule has 1 aliphatic heterocycles. The summed E-state index contributed by atoms with van der Waals surface area (Å²) in [6.45, 7) is 3.90. The molecule has 2 aliphatic rings. The maximum atomic E-state index is 6.09. The third-order valence-corrected chi connectivity index (χ3v) is 4.95. The molecule has 4 rings (SSSR count). The predicted octanol–water partition coefficient (Wildman–Crippen LogP) is 1.67. The molecule has 0 spiro atoms. The lowest BCUT2D eigenvalue weighted by molar-refractivity contribution is 0.582. The van der Waals surface area contributed by atoms with Gasteiger partial charge in [0.1, 0.15) is 5.82 Å². The molecule has 0 bridgehead atoms. The average Bonchev–Trinajstić information content (AvgIpc) is 2.80. The van der Waals surface area contributed by atoms with E-state index < -0.39 is 0 Å². The number of rotatable bonds is 2. The van der Waals surface area contributed by atoms with Gasteiger partial charge in [0, 0.05) is 50.0 Å². The summed E-state index contributed by atoms with van der Waals surface area (Å²) < 4.78 is 0. The molecule has 1 aromatic heterocycles. The van der Waals surface area contributed by atoms with E-state index >= 15 is 0 Å². The van der Waals surface area contributed by atoms with Crippen LogP contribution in [0.5, 0.6) is 0 Å². The number of hydrogen-bond acceptors (Lipinski definition) is 6. The van der Waals surface area contributed by atoms with Crippen molar-refractivity contribution in [2.75, 3.05) is 49.2 Å². The number of benzene rings is 1. The minimum atomic E-state index is 0.366. The van der Waals surface area contributed by atoms with Gasteiger partial charge in [-0.3, -0.25) is 0 Å². The van der Waals surface area contributed by atoms with E-state index in [1.807, 2.05) is 7.05 Å². The van der Waals surface area contributed by atoms with Gasteiger partial charge in [-0.1, -0.05) is 6.07 Å². The Labute approximate surface area is 142 Å². The number of piperazine rings is 1. The summed E-state index contributed by atoms with van der Waals surface area (Å²) >= 11 is 0. The van der Waals surface area contributed by atoms with Gasteiger partial charge >= 0.3 is 0 Å². The lowest BCUT2D eigenvalue weighted by Gasteiger charge is -2.30. The minimum Gasteiger partial charge on any atom is -0.388 e. The van der Waals surface area contributed by atoms with Gasteiger partial charge in [0.05, 0.1) is 5.69 Å². The fourth-order valence-corrected chi connectivity index (χ4v) is 3.71. The van der Waals surface area contributed by atoms with E-state index in [-0.39, 0.29) is 0 Å². The standard InChI is InChI=1S/C18H24N6/c1-20-13-6-5-12-3-2-4-14-16(15(12)11-13)22-18(19)23-17(14)24-9-7-21-8-10-24/h5-6,11,20-21H,2-4,7-10H2,1H3,(H2,19,22,23). The molecule has 0 amide bonds. The van der Waals surface area contributed by atoms with E-state index in [4.69, 9.17) is 5.73 Å². The molecule has 2 heterocycles. The third-order valence-electron chi connectivity index (χ3n) is 4.95. The first-order chi connectivity index (χ1) is 11.8. The van der Waals surface area contributed by atoms with Crippen LogP contribution in [0.3, 0.4) is 0 Å². The zero-order chi connectivity index (χ0) is 16.5. The van der Waals surface area contributed by atoms with E-state index in [0.717, 1.165) is 62.6 Å². The smallest absolute Gasteiger partial charge is 0.222 e. The molecule has 126 valence electrons. The number of hydrogen-bond donors (Lipinski definition) is 3. The minimum absolute atomic E-state index is 0.366. The number of nitrogens with one attached hydrogen (secondary N) is 2. The Kier molecular flexibility index (Phi) is 3.98. The first-order valence-corrected chi connectivity index (χ1v) is 8.69. The van der Waals surface area contributed by atoms with Crippen molar-refractivity contribution >= 4 is 17.5 Å². The number of aromatic nitrogens is 2. The zero-order valence-electron chi connectivity index (χ0n) is 14.1. The van der Waals surface area contributed by atoms with Gasteiger partial charge in [-0.15, -0.1) is 0 Å². The molecule has 0 radical (unpaired) electrons. The number of aryl methyl sites for hydroxylation is 1. The van der Waals surface area contributed by atoms with Crippen molar-refractivity contribution in [3.8, 4) is 11.3 Å². The fourth-order valence-electron chi connectivity index (χ4n) is 3.71. The highest BCUT2D eigenvalue weighted by molar-refractivity contribution is 5.76. The van der Waals surface area contributed by atoms with Crippen LogP contribution in [-0.2, 0) is 12.8 Å². The average molecular weight is 324 g/mol. The summed E-state index contributed by atoms with van der Waals surface area (Å²) in [4.78, 5) is 11.6. The van der Waals surface area contributed by atoms with Crippen LogP contribution in [-0.4, -0.2) is 43.2 Å². The summed E-state index contributed by atoms with van der Waals surface area (Å²) in [7, 11) is 1.94. The Bertz CT molecular complexity index is 751. The molecular formula is C18H24N6. The number of nitrogens with two attached hydrogens (primary N) is 1. The summed E-state index contributed by atoms with van der Waals surface area (Å²) in [6, 6.07) is 6.53. The van der Waals surface area contributed by atoms with Gasteiger partial charge in [0.25, 0.3) is 0 Å². The molecule has 0 saturated carbocycles. The Morgan fingerprint density at radius 2 is 2.00 bits per heavy atom. The maximum Gasteiger partial charge on any atom is 0.222 e. The summed E-state index contributed by atoms with van der Waals surface area (Å²) in [5, 5.41) is 6.63. The van der Waals surface area contributed by atoms with E-state index in [2.05, 4.69) is 43.7 Å². The van der Waals surface area contributed by atoms with Crippen LogP contribution in [0.2, 0.25) is 0 Å². The van der Waals surface area contributed by atoms with Gasteiger partial charge in [0.15, 0.2) is 0 Å². The molecule has 0 atom stereocenters. The van der Waals surface area contributed by atoms with Gasteiger partial charge < -0.3 is 21.3 Å². The van der Waals surface area contributed by atoms with E-state index in [1.54, 1.807) is 0 Å². The van der Waals surface area contributed by atoms with Crippen LogP contribution in [0.15, 0.2) is 18.2 Å². The highest BCUT2D eigenvalue weighted by Gasteiger charge is 2.24. The Balaban J connectivity index is 1.88. The van der Waals surface area contributed by atoms with Crippen LogP contribution in [0.4, 0.5) is 17.5 Å². The molecule has 6 heteroatoms. The summed E-state index contributed by atoms with van der Waals surface area (Å²) in [5.74, 6) is 1.40. The Morgan fingerprint density at radius 3 is 2.79 bits per heavy atom. The molecule has 1 aromatic carbocycles. The SMILES string of the molecule is CNc1ccc2c(c1)-c1nc(N)nc(N3CCNCC3)c1CCC2. The predicted molar refractivity (Wildman–Crippen MR) is 98.5 cm³/mol. The second-order valence-corrected chi connectivity index (χ2v) is 6.45. The normalized spacial score (nSPS) is 17.0. The Morgan fingerprint density at radius 1 is 1.17 bits per heavy atom. The van der Waals surface area contributed by atoms with Crippen LogP contribution < -0.4 is 21.3 Å². The molecule has 1 fully saturated rings. The largest absolute Gasteiger partial charge is 0.388 e. The Hall–Kier alpha value is -2.34. The summed E-state index contributed by atoms with van der Waals surface area (Å²) in [6.07, 6.45) is 3.18. The van der Waals surface area contributed by atoms with Crippen molar-refractivity contribution in [1.82, 2.24) is 15.3 Å². The molecule has 6 nitrogen and oxygen atoms in total. The lowest BCUT2D eigenvalue weighted by atomic mass is 10.0. The number of nitrogen functional groups attached to an aromatic ring is 1. The van der Waals surface area contributed by atoms with Crippen molar-refractivity contribution in [3.05, 3.63) is 29.3 Å². The van der Waals surface area contributed by atoms with Crippen LogP contribution >= 0.6 is 0 Å². The van der Waals surface area contributed by atoms with Gasteiger partial charge in [0.2, 0.25) is 5.95 Å². The monoisotopic (exact) mass is 324 g/mol. The molecular weight excluding hydrogens is 300 g/mol. The highest BCUT2D eigenvalue weighted by atomic mass is 15.2. The fraction of sp³-hybridized carbons (Fsp3) is 0.444. The van der Waals surface area contributed by atoms with Gasteiger partial charge in [-0.2, -0.15) is 4.98 Å². The number of nitrogens with zero attached hydrogens (tertiary/aromatic N) is 3. The molecule has 1 aliphatic carbocycles. The van der Waals surface area contributed by atoms with Crippen LogP contribution in [0.25, 0.3) is 11.3 Å². The molecule has 1 saturated heterocycles. The zero-order valence-corrected chi connectivity index (χ0v) is 14.1. The van der Waals surface area contributed by atoms with Crippen LogP contribution in [0.1, 0.15) is 17.5 Å². The lowest BCUT2D eigenvalue weighted by Crippen LogP contribution is -2.44. The van der Waals surface area contributed by atoms with Crippen molar-refractivity contribution in [1.29, 1.82) is 0 Å². The third kappa shape index (κ3) is 2.67. The highest BCUT2D eigenvalue weighted by Crippen LogP contribution is 2.37. The summed E-state index contributed by atoms with van der Waals surface area (Å²) in [5.41, 5.74) is 12.0. The van der Waals surface area contributed by atoms with E-state index in [0.29, 0.717) is 5.95 Å². The van der Waals surface area contributed by atoms with Crippen molar-refractivity contribution in [3.63, 3.8) is 0 Å². The van der Waals surface area contributed by atoms with E-state index in [9.17, 15) is 0 Å². The molecule has 0 unspecified atom stereocenters. The quantitative estimate of drug-likeness (QED) is 0.780. The number of fused-ring (bicyclic) bond motifs is 3. The van der Waals surface area contributed by atoms with Crippen LogP contribution in [0, 0.1) is 0 Å². The number of anilines is 3. The van der Waals surface area contributed by atoms with Crippen molar-refractivity contribution in [2.24, 2.45) is 0 Å².